The molecule has 2 amide bonds. The van der Waals surface area contributed by atoms with Crippen LogP contribution in [-0.4, -0.2) is 28.4 Å². The second-order valence-corrected chi connectivity index (χ2v) is 2.70. The zero-order valence-electron chi connectivity index (χ0n) is 8.39. The first kappa shape index (κ1) is 11.7. The van der Waals surface area contributed by atoms with E-state index in [1.165, 1.54) is 7.05 Å². The van der Waals surface area contributed by atoms with Crippen LogP contribution in [0.5, 0.6) is 0 Å². The molecule has 0 aromatic carbocycles. The summed E-state index contributed by atoms with van der Waals surface area (Å²) in [5.74, 6) is 2.13. The van der Waals surface area contributed by atoms with Gasteiger partial charge < -0.3 is 9.63 Å². The fourth-order valence-corrected chi connectivity index (χ4v) is 0.891. The summed E-state index contributed by atoms with van der Waals surface area (Å²) in [5, 5.41) is 18.3. The number of amides is 2. The SMILES string of the molecule is C#Cc1noc(NC(=O)N(C)N=N)c1CO. The molecule has 8 nitrogen and oxygen atoms in total. The first-order valence-corrected chi connectivity index (χ1v) is 4.12. The van der Waals surface area contributed by atoms with Gasteiger partial charge in [0.15, 0.2) is 5.69 Å². The van der Waals surface area contributed by atoms with E-state index in [-0.39, 0.29) is 17.1 Å². The number of aromatic nitrogens is 1. The molecular weight excluding hydrogens is 214 g/mol. The van der Waals surface area contributed by atoms with Gasteiger partial charge in [0.25, 0.3) is 0 Å². The Labute approximate surface area is 90.7 Å². The molecule has 0 unspecified atom stereocenters. The molecule has 8 heteroatoms. The number of nitrogens with zero attached hydrogens (tertiary/aromatic N) is 3. The van der Waals surface area contributed by atoms with E-state index in [4.69, 9.17) is 21.6 Å². The van der Waals surface area contributed by atoms with Gasteiger partial charge in [-0.2, -0.15) is 10.5 Å². The molecule has 1 heterocycles. The van der Waals surface area contributed by atoms with E-state index < -0.39 is 12.6 Å². The average molecular weight is 223 g/mol. The molecule has 3 N–H and O–H groups in total. The van der Waals surface area contributed by atoms with Crippen LogP contribution in [0.4, 0.5) is 10.7 Å². The molecule has 0 bridgehead atoms. The van der Waals surface area contributed by atoms with Crippen LogP contribution >= 0.6 is 0 Å². The van der Waals surface area contributed by atoms with E-state index >= 15 is 0 Å². The Bertz CT molecular complexity index is 447. The number of aliphatic hydroxyl groups excluding tert-OH is 1. The Morgan fingerprint density at radius 2 is 2.56 bits per heavy atom. The summed E-state index contributed by atoms with van der Waals surface area (Å²) >= 11 is 0. The molecular formula is C8H9N5O3. The summed E-state index contributed by atoms with van der Waals surface area (Å²) in [6.45, 7) is -0.416. The smallest absolute Gasteiger partial charge is 0.345 e. The highest BCUT2D eigenvalue weighted by molar-refractivity contribution is 5.88. The standard InChI is InChI=1S/C8H9N5O3/c1-3-6-5(4-14)7(16-11-6)10-8(15)13(2)12-9/h1,9,14H,4H2,2H3,(H,10,15). The highest BCUT2D eigenvalue weighted by Crippen LogP contribution is 2.19. The minimum absolute atomic E-state index is 0.0593. The van der Waals surface area contributed by atoms with Crippen LogP contribution in [0.2, 0.25) is 0 Å². The number of carbonyl (C=O) groups excluding carboxylic acids is 1. The van der Waals surface area contributed by atoms with E-state index in [2.05, 4.69) is 21.6 Å². The van der Waals surface area contributed by atoms with Crippen molar-refractivity contribution in [1.82, 2.24) is 10.2 Å². The molecule has 0 spiro atoms. The van der Waals surface area contributed by atoms with Crippen LogP contribution in [0, 0.1) is 17.9 Å². The molecule has 0 aliphatic heterocycles. The zero-order valence-corrected chi connectivity index (χ0v) is 8.39. The van der Waals surface area contributed by atoms with Gasteiger partial charge in [-0.05, 0) is 5.92 Å². The molecule has 84 valence electrons. The second-order valence-electron chi connectivity index (χ2n) is 2.70. The van der Waals surface area contributed by atoms with Crippen LogP contribution in [0.1, 0.15) is 11.3 Å². The van der Waals surface area contributed by atoms with Gasteiger partial charge >= 0.3 is 6.03 Å². The van der Waals surface area contributed by atoms with Gasteiger partial charge in [0.2, 0.25) is 5.88 Å². The fraction of sp³-hybridized carbons (Fsp3) is 0.250. The molecule has 0 atom stereocenters. The number of nitrogens with one attached hydrogen (secondary N) is 2. The molecule has 0 fully saturated rings. The number of hydrogen-bond acceptors (Lipinski definition) is 6. The quantitative estimate of drug-likeness (QED) is 0.394. The van der Waals surface area contributed by atoms with Gasteiger partial charge in [-0.3, -0.25) is 5.32 Å². The number of hydrogen-bond donors (Lipinski definition) is 3. The fourth-order valence-electron chi connectivity index (χ4n) is 0.891. The number of anilines is 1. The first-order valence-electron chi connectivity index (χ1n) is 4.12. The monoisotopic (exact) mass is 223 g/mol. The summed E-state index contributed by atoms with van der Waals surface area (Å²) in [7, 11) is 1.28. The van der Waals surface area contributed by atoms with Gasteiger partial charge in [0.1, 0.15) is 0 Å². The van der Waals surface area contributed by atoms with Crippen LogP contribution < -0.4 is 5.32 Å². The van der Waals surface area contributed by atoms with Crippen molar-refractivity contribution >= 4 is 11.9 Å². The summed E-state index contributed by atoms with van der Waals surface area (Å²) in [6.07, 6.45) is 5.10. The van der Waals surface area contributed by atoms with Crippen LogP contribution in [-0.2, 0) is 6.61 Å². The lowest BCUT2D eigenvalue weighted by Gasteiger charge is -2.08. The van der Waals surface area contributed by atoms with Crippen molar-refractivity contribution in [2.45, 2.75) is 6.61 Å². The number of carbonyl (C=O) groups is 1. The van der Waals surface area contributed by atoms with Crippen LogP contribution in [0.3, 0.4) is 0 Å². The Morgan fingerprint density at radius 1 is 1.88 bits per heavy atom. The van der Waals surface area contributed by atoms with E-state index in [1.54, 1.807) is 0 Å². The van der Waals surface area contributed by atoms with Gasteiger partial charge in [-0.1, -0.05) is 10.4 Å². The highest BCUT2D eigenvalue weighted by Gasteiger charge is 2.17. The maximum atomic E-state index is 11.3. The van der Waals surface area contributed by atoms with Crippen molar-refractivity contribution in [2.75, 3.05) is 12.4 Å². The van der Waals surface area contributed by atoms with E-state index in [9.17, 15) is 4.79 Å². The van der Waals surface area contributed by atoms with Crippen molar-refractivity contribution in [1.29, 1.82) is 5.53 Å². The summed E-state index contributed by atoms with van der Waals surface area (Å²) in [5.41, 5.74) is 6.92. The maximum Gasteiger partial charge on any atom is 0.345 e. The third kappa shape index (κ3) is 2.15. The predicted molar refractivity (Wildman–Crippen MR) is 52.3 cm³/mol. The largest absolute Gasteiger partial charge is 0.391 e. The average Bonchev–Trinajstić information content (AvgIpc) is 2.69. The van der Waals surface area contributed by atoms with Crippen molar-refractivity contribution in [2.24, 2.45) is 5.22 Å². The molecule has 1 aromatic rings. The maximum absolute atomic E-state index is 11.3. The molecule has 1 rings (SSSR count). The van der Waals surface area contributed by atoms with Crippen LogP contribution in [0.15, 0.2) is 9.75 Å². The predicted octanol–water partition coefficient (Wildman–Crippen LogP) is 0.558. The molecule has 1 aromatic heterocycles. The zero-order chi connectivity index (χ0) is 12.1. The molecule has 0 aliphatic carbocycles. The lowest BCUT2D eigenvalue weighted by atomic mass is 10.2. The Kier molecular flexibility index (Phi) is 3.58. The van der Waals surface area contributed by atoms with Crippen molar-refractivity contribution in [3.8, 4) is 12.3 Å². The number of aliphatic hydroxyl groups is 1. The third-order valence-electron chi connectivity index (χ3n) is 1.75. The van der Waals surface area contributed by atoms with E-state index in [0.29, 0.717) is 0 Å². The lowest BCUT2D eigenvalue weighted by molar-refractivity contribution is 0.218. The Hall–Kier alpha value is -2.40. The normalized spacial score (nSPS) is 9.31. The Balaban J connectivity index is 2.90. The van der Waals surface area contributed by atoms with Gasteiger partial charge in [0.05, 0.1) is 12.2 Å². The van der Waals surface area contributed by atoms with Crippen molar-refractivity contribution in [3.05, 3.63) is 11.3 Å². The molecule has 0 aliphatic rings. The van der Waals surface area contributed by atoms with Gasteiger partial charge in [-0.25, -0.2) is 4.79 Å². The molecule has 0 saturated carbocycles. The van der Waals surface area contributed by atoms with Crippen molar-refractivity contribution in [3.63, 3.8) is 0 Å². The minimum atomic E-state index is -0.704. The molecule has 0 saturated heterocycles. The Morgan fingerprint density at radius 3 is 3.06 bits per heavy atom. The van der Waals surface area contributed by atoms with E-state index in [0.717, 1.165) is 5.01 Å². The summed E-state index contributed by atoms with van der Waals surface area (Å²) < 4.78 is 4.73. The number of rotatable bonds is 3. The van der Waals surface area contributed by atoms with Crippen LogP contribution in [0.25, 0.3) is 0 Å². The molecule has 0 radical (unpaired) electrons. The van der Waals surface area contributed by atoms with Gasteiger partial charge in [0, 0.05) is 7.05 Å². The number of urea groups is 1. The molecule has 16 heavy (non-hydrogen) atoms. The summed E-state index contributed by atoms with van der Waals surface area (Å²) in [6, 6.07) is -0.704. The van der Waals surface area contributed by atoms with Gasteiger partial charge in [-0.15, -0.1) is 6.42 Å². The second kappa shape index (κ2) is 4.90. The topological polar surface area (TPSA) is 115 Å². The summed E-state index contributed by atoms with van der Waals surface area (Å²) in [4.78, 5) is 11.3. The highest BCUT2D eigenvalue weighted by atomic mass is 16.5. The third-order valence-corrected chi connectivity index (χ3v) is 1.75. The minimum Gasteiger partial charge on any atom is -0.391 e. The van der Waals surface area contributed by atoms with E-state index in [1.807, 2.05) is 0 Å². The lowest BCUT2D eigenvalue weighted by Crippen LogP contribution is -2.26. The number of terminal acetylenes is 1. The van der Waals surface area contributed by atoms with Crippen molar-refractivity contribution < 1.29 is 14.4 Å². The first-order chi connectivity index (χ1) is 7.63.